The maximum atomic E-state index is 12.7. The number of aromatic hydroxyl groups is 1. The molecule has 3 rings (SSSR count). The Morgan fingerprint density at radius 1 is 1.21 bits per heavy atom. The molecule has 0 saturated carbocycles. The van der Waals surface area contributed by atoms with Crippen LogP contribution in [0.2, 0.25) is 0 Å². The highest BCUT2D eigenvalue weighted by atomic mass is 16.3. The number of hydrogen-bond acceptors (Lipinski definition) is 5. The number of pyridine rings is 1. The first-order valence-corrected chi connectivity index (χ1v) is 9.44. The third kappa shape index (κ3) is 4.71. The number of nitrogens with one attached hydrogen (secondary N) is 1. The second-order valence-electron chi connectivity index (χ2n) is 7.47. The van der Waals surface area contributed by atoms with Crippen LogP contribution in [0.25, 0.3) is 10.9 Å². The Balaban J connectivity index is 1.76. The van der Waals surface area contributed by atoms with Gasteiger partial charge in [0, 0.05) is 37.0 Å². The number of carbonyl (C=O) groups is 1. The molecule has 8 nitrogen and oxygen atoms in total. The molecule has 3 aromatic rings. The summed E-state index contributed by atoms with van der Waals surface area (Å²) in [4.78, 5) is 41.3. The topological polar surface area (TPSA) is 106 Å². The molecule has 152 valence electrons. The molecule has 0 bridgehead atoms. The summed E-state index contributed by atoms with van der Waals surface area (Å²) in [6.45, 7) is 6.49. The number of rotatable bonds is 6. The Morgan fingerprint density at radius 3 is 2.66 bits per heavy atom. The molecule has 0 aliphatic rings. The molecule has 29 heavy (non-hydrogen) atoms. The summed E-state index contributed by atoms with van der Waals surface area (Å²) in [5, 5.41) is 12.6. The molecule has 1 aromatic carbocycles. The first-order chi connectivity index (χ1) is 13.7. The molecule has 2 heterocycles. The van der Waals surface area contributed by atoms with Gasteiger partial charge >= 0.3 is 0 Å². The molecule has 2 aromatic heterocycles. The number of benzene rings is 1. The van der Waals surface area contributed by atoms with Gasteiger partial charge in [-0.1, -0.05) is 13.8 Å². The van der Waals surface area contributed by atoms with E-state index < -0.39 is 0 Å². The number of hydrogen-bond donors (Lipinski definition) is 2. The molecule has 2 N–H and O–H groups in total. The van der Waals surface area contributed by atoms with Crippen LogP contribution in [0.15, 0.2) is 46.2 Å². The van der Waals surface area contributed by atoms with E-state index in [1.807, 2.05) is 13.8 Å². The molecular formula is C21H24N4O4. The van der Waals surface area contributed by atoms with E-state index in [-0.39, 0.29) is 35.7 Å². The van der Waals surface area contributed by atoms with Gasteiger partial charge in [-0.05, 0) is 37.1 Å². The van der Waals surface area contributed by atoms with Crippen LogP contribution >= 0.6 is 0 Å². The van der Waals surface area contributed by atoms with Crippen LogP contribution in [-0.4, -0.2) is 25.1 Å². The maximum absolute atomic E-state index is 12.7. The zero-order valence-electron chi connectivity index (χ0n) is 16.7. The summed E-state index contributed by atoms with van der Waals surface area (Å²) >= 11 is 0. The fourth-order valence-electron chi connectivity index (χ4n) is 3.20. The minimum Gasteiger partial charge on any atom is -0.508 e. The van der Waals surface area contributed by atoms with Crippen LogP contribution in [-0.2, 0) is 17.9 Å². The highest BCUT2D eigenvalue weighted by Gasteiger charge is 2.10. The van der Waals surface area contributed by atoms with Gasteiger partial charge in [-0.15, -0.1) is 0 Å². The monoisotopic (exact) mass is 396 g/mol. The zero-order chi connectivity index (χ0) is 21.1. The Morgan fingerprint density at radius 2 is 1.97 bits per heavy atom. The smallest absolute Gasteiger partial charge is 0.261 e. The third-order valence-corrected chi connectivity index (χ3v) is 4.55. The number of amides is 1. The van der Waals surface area contributed by atoms with Gasteiger partial charge in [0.2, 0.25) is 5.91 Å². The van der Waals surface area contributed by atoms with Crippen molar-refractivity contribution in [3.63, 3.8) is 0 Å². The van der Waals surface area contributed by atoms with Crippen LogP contribution < -0.4 is 16.4 Å². The average Bonchev–Trinajstić information content (AvgIpc) is 2.63. The summed E-state index contributed by atoms with van der Waals surface area (Å²) in [5.74, 6) is -0.0715. The lowest BCUT2D eigenvalue weighted by atomic mass is 10.2. The summed E-state index contributed by atoms with van der Waals surface area (Å²) < 4.78 is 2.99. The quantitative estimate of drug-likeness (QED) is 0.665. The van der Waals surface area contributed by atoms with Crippen LogP contribution in [0.4, 0.5) is 5.69 Å². The molecule has 0 aliphatic carbocycles. The van der Waals surface area contributed by atoms with E-state index in [9.17, 15) is 19.5 Å². The van der Waals surface area contributed by atoms with Gasteiger partial charge in [0.1, 0.15) is 5.75 Å². The number of aromatic nitrogens is 3. The lowest BCUT2D eigenvalue weighted by Gasteiger charge is -2.11. The minimum atomic E-state index is -0.363. The molecule has 0 saturated heterocycles. The first-order valence-electron chi connectivity index (χ1n) is 9.44. The van der Waals surface area contributed by atoms with Gasteiger partial charge in [-0.25, -0.2) is 4.98 Å². The molecular weight excluding hydrogens is 372 g/mol. The summed E-state index contributed by atoms with van der Waals surface area (Å²) in [7, 11) is 0. The minimum absolute atomic E-state index is 0.0776. The summed E-state index contributed by atoms with van der Waals surface area (Å²) in [5.41, 5.74) is 1.13. The predicted molar refractivity (Wildman–Crippen MR) is 111 cm³/mol. The predicted octanol–water partition coefficient (Wildman–Crippen LogP) is 2.26. The van der Waals surface area contributed by atoms with Crippen molar-refractivity contribution in [3.05, 3.63) is 63.1 Å². The van der Waals surface area contributed by atoms with Crippen molar-refractivity contribution in [1.82, 2.24) is 14.1 Å². The van der Waals surface area contributed by atoms with E-state index in [1.54, 1.807) is 36.0 Å². The van der Waals surface area contributed by atoms with E-state index in [2.05, 4.69) is 10.3 Å². The van der Waals surface area contributed by atoms with E-state index >= 15 is 0 Å². The van der Waals surface area contributed by atoms with E-state index in [0.717, 1.165) is 6.07 Å². The highest BCUT2D eigenvalue weighted by Crippen LogP contribution is 2.15. The van der Waals surface area contributed by atoms with E-state index in [1.165, 1.54) is 10.6 Å². The Bertz CT molecular complexity index is 1180. The summed E-state index contributed by atoms with van der Waals surface area (Å²) in [6.07, 6.45) is 1.62. The first kappa shape index (κ1) is 20.3. The van der Waals surface area contributed by atoms with Crippen LogP contribution in [0.5, 0.6) is 5.75 Å². The lowest BCUT2D eigenvalue weighted by Crippen LogP contribution is -2.24. The molecule has 0 unspecified atom stereocenters. The van der Waals surface area contributed by atoms with Gasteiger partial charge in [-0.3, -0.25) is 19.0 Å². The van der Waals surface area contributed by atoms with E-state index in [0.29, 0.717) is 34.7 Å². The Labute approximate surface area is 167 Å². The molecule has 0 radical (unpaired) electrons. The fourth-order valence-corrected chi connectivity index (χ4v) is 3.20. The van der Waals surface area contributed by atoms with Crippen molar-refractivity contribution in [2.75, 3.05) is 5.32 Å². The van der Waals surface area contributed by atoms with Crippen molar-refractivity contribution in [3.8, 4) is 5.75 Å². The van der Waals surface area contributed by atoms with E-state index in [4.69, 9.17) is 0 Å². The molecule has 8 heteroatoms. The third-order valence-electron chi connectivity index (χ3n) is 4.55. The second kappa shape index (κ2) is 8.30. The van der Waals surface area contributed by atoms with Crippen LogP contribution in [0, 0.1) is 12.8 Å². The standard InChI is InChI=1S/C21H24N4O4/c1-13(2)11-24-12-22-18-5-4-15(9-17(18)21(24)29)23-19(27)6-7-25-14(3)8-16(26)10-20(25)28/h4-5,8-10,12-13,26H,6-7,11H2,1-3H3,(H,23,27). The normalized spacial score (nSPS) is 11.2. The Hall–Kier alpha value is -3.42. The average molecular weight is 396 g/mol. The number of anilines is 1. The van der Waals surface area contributed by atoms with Gasteiger partial charge in [0.15, 0.2) is 0 Å². The summed E-state index contributed by atoms with van der Waals surface area (Å²) in [6, 6.07) is 7.59. The van der Waals surface area contributed by atoms with Crippen molar-refractivity contribution in [2.45, 2.75) is 40.3 Å². The Kier molecular flexibility index (Phi) is 5.81. The number of carbonyl (C=O) groups excluding carboxylic acids is 1. The van der Waals surface area contributed by atoms with Crippen LogP contribution in [0.1, 0.15) is 26.0 Å². The van der Waals surface area contributed by atoms with Crippen molar-refractivity contribution in [1.29, 1.82) is 0 Å². The molecule has 0 spiro atoms. The van der Waals surface area contributed by atoms with Gasteiger partial charge in [0.05, 0.1) is 17.2 Å². The molecule has 0 atom stereocenters. The second-order valence-corrected chi connectivity index (χ2v) is 7.47. The van der Waals surface area contributed by atoms with Crippen molar-refractivity contribution in [2.24, 2.45) is 5.92 Å². The lowest BCUT2D eigenvalue weighted by molar-refractivity contribution is -0.116. The van der Waals surface area contributed by atoms with Gasteiger partial charge < -0.3 is 15.0 Å². The zero-order valence-corrected chi connectivity index (χ0v) is 16.7. The van der Waals surface area contributed by atoms with Crippen molar-refractivity contribution < 1.29 is 9.90 Å². The SMILES string of the molecule is Cc1cc(O)cc(=O)n1CCC(=O)Nc1ccc2ncn(CC(C)C)c(=O)c2c1. The van der Waals surface area contributed by atoms with Crippen LogP contribution in [0.3, 0.4) is 0 Å². The van der Waals surface area contributed by atoms with Crippen molar-refractivity contribution >= 4 is 22.5 Å². The maximum Gasteiger partial charge on any atom is 0.261 e. The molecule has 0 fully saturated rings. The number of nitrogens with zero attached hydrogens (tertiary/aromatic N) is 3. The molecule has 1 amide bonds. The number of aryl methyl sites for hydroxylation is 1. The van der Waals surface area contributed by atoms with Gasteiger partial charge in [0.25, 0.3) is 11.1 Å². The largest absolute Gasteiger partial charge is 0.508 e. The highest BCUT2D eigenvalue weighted by molar-refractivity contribution is 5.93. The number of fused-ring (bicyclic) bond motifs is 1. The fraction of sp³-hybridized carbons (Fsp3) is 0.333. The molecule has 0 aliphatic heterocycles. The van der Waals surface area contributed by atoms with Gasteiger partial charge in [-0.2, -0.15) is 0 Å².